The summed E-state index contributed by atoms with van der Waals surface area (Å²) < 4.78 is 6.30. The highest BCUT2D eigenvalue weighted by molar-refractivity contribution is 5.80. The van der Waals surface area contributed by atoms with E-state index in [1.165, 1.54) is 11.3 Å². The second-order valence-electron chi connectivity index (χ2n) is 7.76. The predicted molar refractivity (Wildman–Crippen MR) is 126 cm³/mol. The van der Waals surface area contributed by atoms with E-state index in [1.54, 1.807) is 0 Å². The topological polar surface area (TPSA) is 76.6 Å². The zero-order valence-electron chi connectivity index (χ0n) is 18.9. The standard InChI is InChI=1S/C26H29N5O/c1-4-9-24-21(6-3)25(16-20(5-2)27-24)32-17-18-12-14-19(15-13-18)22-10-7-8-11-23(22)26-28-30-31-29-26/h7-8,10-16H,4-6,9,17H2,1-3H3,(H,28,29,30,31). The van der Waals surface area contributed by atoms with E-state index in [0.717, 1.165) is 59.4 Å². The van der Waals surface area contributed by atoms with Gasteiger partial charge in [-0.15, -0.1) is 10.2 Å². The molecule has 1 N–H and O–H groups in total. The Morgan fingerprint density at radius 1 is 0.906 bits per heavy atom. The number of aromatic amines is 1. The normalized spacial score (nSPS) is 11.0. The summed E-state index contributed by atoms with van der Waals surface area (Å²) in [5.41, 5.74) is 7.75. The van der Waals surface area contributed by atoms with Crippen molar-refractivity contribution in [1.82, 2.24) is 25.6 Å². The maximum atomic E-state index is 6.30. The minimum Gasteiger partial charge on any atom is -0.488 e. The molecule has 0 aliphatic heterocycles. The molecular weight excluding hydrogens is 398 g/mol. The predicted octanol–water partition coefficient (Wildman–Crippen LogP) is 5.59. The first-order valence-corrected chi connectivity index (χ1v) is 11.3. The van der Waals surface area contributed by atoms with Gasteiger partial charge in [0.05, 0.1) is 0 Å². The lowest BCUT2D eigenvalue weighted by atomic mass is 9.98. The Bertz CT molecular complexity index is 1150. The van der Waals surface area contributed by atoms with E-state index in [9.17, 15) is 0 Å². The van der Waals surface area contributed by atoms with Gasteiger partial charge in [0.25, 0.3) is 0 Å². The third-order valence-corrected chi connectivity index (χ3v) is 5.60. The number of rotatable bonds is 9. The van der Waals surface area contributed by atoms with Crippen LogP contribution in [0.2, 0.25) is 0 Å². The minimum atomic E-state index is 0.526. The molecule has 164 valence electrons. The van der Waals surface area contributed by atoms with Gasteiger partial charge in [0.1, 0.15) is 12.4 Å². The van der Waals surface area contributed by atoms with Gasteiger partial charge in [-0.2, -0.15) is 5.21 Å². The molecule has 6 nitrogen and oxygen atoms in total. The number of hydrogen-bond acceptors (Lipinski definition) is 5. The molecule has 2 aromatic heterocycles. The van der Waals surface area contributed by atoms with Crippen LogP contribution in [0.3, 0.4) is 0 Å². The molecule has 0 spiro atoms. The van der Waals surface area contributed by atoms with Crippen LogP contribution in [0.5, 0.6) is 5.75 Å². The summed E-state index contributed by atoms with van der Waals surface area (Å²) in [4.78, 5) is 4.85. The number of pyridine rings is 1. The molecule has 0 radical (unpaired) electrons. The fraction of sp³-hybridized carbons (Fsp3) is 0.308. The molecule has 0 saturated carbocycles. The lowest BCUT2D eigenvalue weighted by Gasteiger charge is -2.16. The van der Waals surface area contributed by atoms with Crippen molar-refractivity contribution in [3.63, 3.8) is 0 Å². The van der Waals surface area contributed by atoms with Gasteiger partial charge in [-0.3, -0.25) is 4.98 Å². The SMILES string of the molecule is CCCc1nc(CC)cc(OCc2ccc(-c3ccccc3-c3nn[nH]n3)cc2)c1CC. The average molecular weight is 428 g/mol. The lowest BCUT2D eigenvalue weighted by Crippen LogP contribution is -2.06. The van der Waals surface area contributed by atoms with Crippen molar-refractivity contribution in [3.8, 4) is 28.3 Å². The largest absolute Gasteiger partial charge is 0.488 e. The second-order valence-corrected chi connectivity index (χ2v) is 7.76. The van der Waals surface area contributed by atoms with Crippen LogP contribution in [0.25, 0.3) is 22.5 Å². The lowest BCUT2D eigenvalue weighted by molar-refractivity contribution is 0.302. The Hall–Kier alpha value is -3.54. The molecule has 0 aliphatic carbocycles. The smallest absolute Gasteiger partial charge is 0.205 e. The van der Waals surface area contributed by atoms with Gasteiger partial charge in [-0.1, -0.05) is 75.7 Å². The molecule has 4 rings (SSSR count). The van der Waals surface area contributed by atoms with Gasteiger partial charge in [0, 0.05) is 28.6 Å². The molecule has 0 amide bonds. The van der Waals surface area contributed by atoms with Gasteiger partial charge in [0.15, 0.2) is 0 Å². The van der Waals surface area contributed by atoms with E-state index in [2.05, 4.69) is 77.8 Å². The van der Waals surface area contributed by atoms with Gasteiger partial charge in [0.2, 0.25) is 5.82 Å². The molecule has 32 heavy (non-hydrogen) atoms. The van der Waals surface area contributed by atoms with E-state index in [-0.39, 0.29) is 0 Å². The molecule has 0 bridgehead atoms. The fourth-order valence-electron chi connectivity index (χ4n) is 3.93. The molecule has 0 atom stereocenters. The molecule has 0 saturated heterocycles. The number of tetrazole rings is 1. The van der Waals surface area contributed by atoms with E-state index < -0.39 is 0 Å². The molecule has 4 aromatic rings. The van der Waals surface area contributed by atoms with Crippen molar-refractivity contribution >= 4 is 0 Å². The first-order valence-electron chi connectivity index (χ1n) is 11.3. The van der Waals surface area contributed by atoms with Gasteiger partial charge in [-0.25, -0.2) is 0 Å². The summed E-state index contributed by atoms with van der Waals surface area (Å²) >= 11 is 0. The number of benzene rings is 2. The third kappa shape index (κ3) is 4.69. The Kier molecular flexibility index (Phi) is 6.90. The van der Waals surface area contributed by atoms with E-state index >= 15 is 0 Å². The highest BCUT2D eigenvalue weighted by Gasteiger charge is 2.13. The highest BCUT2D eigenvalue weighted by atomic mass is 16.5. The zero-order valence-corrected chi connectivity index (χ0v) is 18.9. The molecular formula is C26H29N5O. The summed E-state index contributed by atoms with van der Waals surface area (Å²) in [6.45, 7) is 7.03. The summed E-state index contributed by atoms with van der Waals surface area (Å²) in [7, 11) is 0. The van der Waals surface area contributed by atoms with Crippen molar-refractivity contribution < 1.29 is 4.74 Å². The van der Waals surface area contributed by atoms with Crippen LogP contribution in [0.1, 0.15) is 49.7 Å². The number of ether oxygens (including phenoxy) is 1. The zero-order chi connectivity index (χ0) is 22.3. The van der Waals surface area contributed by atoms with Crippen LogP contribution in [0.15, 0.2) is 54.6 Å². The van der Waals surface area contributed by atoms with Crippen molar-refractivity contribution in [2.24, 2.45) is 0 Å². The second kappa shape index (κ2) is 10.2. The first-order chi connectivity index (χ1) is 15.7. The Balaban J connectivity index is 1.55. The van der Waals surface area contributed by atoms with Gasteiger partial charge >= 0.3 is 0 Å². The average Bonchev–Trinajstić information content (AvgIpc) is 3.38. The maximum absolute atomic E-state index is 6.30. The third-order valence-electron chi connectivity index (χ3n) is 5.60. The molecule has 2 aromatic carbocycles. The monoisotopic (exact) mass is 427 g/mol. The first kappa shape index (κ1) is 21.7. The number of H-pyrrole nitrogens is 1. The van der Waals surface area contributed by atoms with Crippen molar-refractivity contribution in [3.05, 3.63) is 77.1 Å². The Labute approximate surface area is 189 Å². The fourth-order valence-corrected chi connectivity index (χ4v) is 3.93. The van der Waals surface area contributed by atoms with Crippen molar-refractivity contribution in [1.29, 1.82) is 0 Å². The summed E-state index contributed by atoms with van der Waals surface area (Å²) in [6.07, 6.45) is 3.90. The molecule has 2 heterocycles. The summed E-state index contributed by atoms with van der Waals surface area (Å²) in [6, 6.07) is 18.6. The van der Waals surface area contributed by atoms with Crippen LogP contribution >= 0.6 is 0 Å². The summed E-state index contributed by atoms with van der Waals surface area (Å²) in [5.74, 6) is 1.56. The van der Waals surface area contributed by atoms with Crippen molar-refractivity contribution in [2.75, 3.05) is 0 Å². The van der Waals surface area contributed by atoms with Crippen LogP contribution < -0.4 is 4.74 Å². The quantitative estimate of drug-likeness (QED) is 0.377. The van der Waals surface area contributed by atoms with Gasteiger partial charge in [-0.05, 0) is 41.2 Å². The Morgan fingerprint density at radius 2 is 1.69 bits per heavy atom. The van der Waals surface area contributed by atoms with Crippen LogP contribution in [-0.2, 0) is 25.9 Å². The van der Waals surface area contributed by atoms with E-state index in [1.807, 2.05) is 18.2 Å². The Morgan fingerprint density at radius 3 is 2.34 bits per heavy atom. The number of hydrogen-bond donors (Lipinski definition) is 1. The van der Waals surface area contributed by atoms with Crippen LogP contribution in [-0.4, -0.2) is 25.6 Å². The molecule has 6 heteroatoms. The number of aryl methyl sites for hydroxylation is 2. The highest BCUT2D eigenvalue weighted by Crippen LogP contribution is 2.30. The van der Waals surface area contributed by atoms with E-state index in [4.69, 9.17) is 9.72 Å². The number of aromatic nitrogens is 5. The number of nitrogens with zero attached hydrogens (tertiary/aromatic N) is 4. The minimum absolute atomic E-state index is 0.526. The molecule has 0 aliphatic rings. The number of nitrogens with one attached hydrogen (secondary N) is 1. The van der Waals surface area contributed by atoms with Gasteiger partial charge < -0.3 is 4.74 Å². The van der Waals surface area contributed by atoms with Crippen LogP contribution in [0.4, 0.5) is 0 Å². The molecule has 0 unspecified atom stereocenters. The summed E-state index contributed by atoms with van der Waals surface area (Å²) in [5, 5.41) is 14.5. The van der Waals surface area contributed by atoms with E-state index in [0.29, 0.717) is 12.4 Å². The van der Waals surface area contributed by atoms with Crippen molar-refractivity contribution in [2.45, 2.75) is 53.1 Å². The maximum Gasteiger partial charge on any atom is 0.205 e. The van der Waals surface area contributed by atoms with Crippen LogP contribution in [0, 0.1) is 0 Å². The molecule has 0 fully saturated rings.